The number of ether oxygens (including phenoxy) is 1. The standard InChI is InChI=1S/C22H26N4O4/c1-16(27)25-10-12-26(13-11-25)22(23-15-17-4-3-5-20(14-17)30-2)24-19-8-6-18(7-9-19)21(28)29/h3-9,14H,10-13,15H2,1-2H3,(H,23,24)(H,28,29). The molecule has 0 unspecified atom stereocenters. The highest BCUT2D eigenvalue weighted by Gasteiger charge is 2.21. The number of nitrogens with zero attached hydrogens (tertiary/aromatic N) is 3. The molecule has 2 aromatic rings. The number of guanidine groups is 1. The first-order chi connectivity index (χ1) is 14.5. The van der Waals surface area contributed by atoms with Gasteiger partial charge < -0.3 is 25.0 Å². The summed E-state index contributed by atoms with van der Waals surface area (Å²) in [6.45, 7) is 4.63. The van der Waals surface area contributed by atoms with Crippen molar-refractivity contribution in [2.24, 2.45) is 4.99 Å². The van der Waals surface area contributed by atoms with Crippen LogP contribution >= 0.6 is 0 Å². The molecule has 158 valence electrons. The Bertz CT molecular complexity index is 919. The first-order valence-corrected chi connectivity index (χ1v) is 9.74. The van der Waals surface area contributed by atoms with E-state index in [1.807, 2.05) is 29.2 Å². The minimum Gasteiger partial charge on any atom is -0.497 e. The molecule has 3 rings (SSSR count). The molecule has 2 N–H and O–H groups in total. The van der Waals surface area contributed by atoms with Gasteiger partial charge in [0.05, 0.1) is 19.2 Å². The number of amides is 1. The van der Waals surface area contributed by atoms with Crippen LogP contribution in [0.2, 0.25) is 0 Å². The molecule has 8 nitrogen and oxygen atoms in total. The molecule has 0 bridgehead atoms. The fourth-order valence-electron chi connectivity index (χ4n) is 3.21. The summed E-state index contributed by atoms with van der Waals surface area (Å²) < 4.78 is 5.28. The number of benzene rings is 2. The summed E-state index contributed by atoms with van der Waals surface area (Å²) in [6, 6.07) is 14.3. The molecule has 30 heavy (non-hydrogen) atoms. The van der Waals surface area contributed by atoms with Crippen LogP contribution in [-0.4, -0.2) is 66.0 Å². The molecule has 1 aliphatic rings. The number of methoxy groups -OCH3 is 1. The predicted octanol–water partition coefficient (Wildman–Crippen LogP) is 2.53. The van der Waals surface area contributed by atoms with Gasteiger partial charge in [-0.25, -0.2) is 9.79 Å². The summed E-state index contributed by atoms with van der Waals surface area (Å²) in [6.07, 6.45) is 0. The zero-order valence-corrected chi connectivity index (χ0v) is 17.2. The highest BCUT2D eigenvalue weighted by molar-refractivity contribution is 5.95. The molecule has 1 aliphatic heterocycles. The number of piperazine rings is 1. The highest BCUT2D eigenvalue weighted by atomic mass is 16.5. The van der Waals surface area contributed by atoms with Crippen LogP contribution in [0.3, 0.4) is 0 Å². The predicted molar refractivity (Wildman–Crippen MR) is 115 cm³/mol. The second-order valence-corrected chi connectivity index (χ2v) is 6.99. The fraction of sp³-hybridized carbons (Fsp3) is 0.318. The van der Waals surface area contributed by atoms with E-state index in [0.29, 0.717) is 38.7 Å². The average molecular weight is 410 g/mol. The van der Waals surface area contributed by atoms with Crippen molar-refractivity contribution in [1.29, 1.82) is 0 Å². The van der Waals surface area contributed by atoms with Gasteiger partial charge in [0.1, 0.15) is 5.75 Å². The maximum absolute atomic E-state index is 11.6. The number of anilines is 1. The lowest BCUT2D eigenvalue weighted by Gasteiger charge is -2.36. The molecular formula is C22H26N4O4. The lowest BCUT2D eigenvalue weighted by molar-refractivity contribution is -0.130. The van der Waals surface area contributed by atoms with Gasteiger partial charge in [0.2, 0.25) is 5.91 Å². The number of rotatable bonds is 5. The van der Waals surface area contributed by atoms with Gasteiger partial charge in [0, 0.05) is 38.8 Å². The van der Waals surface area contributed by atoms with Crippen LogP contribution in [-0.2, 0) is 11.3 Å². The zero-order chi connectivity index (χ0) is 21.5. The summed E-state index contributed by atoms with van der Waals surface area (Å²) >= 11 is 0. The number of carboxylic acids is 1. The van der Waals surface area contributed by atoms with Gasteiger partial charge in [-0.2, -0.15) is 0 Å². The van der Waals surface area contributed by atoms with E-state index in [9.17, 15) is 9.59 Å². The fourth-order valence-corrected chi connectivity index (χ4v) is 3.21. The van der Waals surface area contributed by atoms with Crippen LogP contribution in [0.4, 0.5) is 5.69 Å². The average Bonchev–Trinajstić information content (AvgIpc) is 2.77. The molecule has 0 spiro atoms. The van der Waals surface area contributed by atoms with Gasteiger partial charge in [-0.3, -0.25) is 4.79 Å². The van der Waals surface area contributed by atoms with Gasteiger partial charge in [0.15, 0.2) is 5.96 Å². The van der Waals surface area contributed by atoms with E-state index in [0.717, 1.165) is 17.0 Å². The third kappa shape index (κ3) is 5.50. The number of hydrogen-bond acceptors (Lipinski definition) is 4. The van der Waals surface area contributed by atoms with Crippen molar-refractivity contribution in [3.05, 3.63) is 59.7 Å². The van der Waals surface area contributed by atoms with E-state index >= 15 is 0 Å². The number of carbonyl (C=O) groups is 2. The minimum absolute atomic E-state index is 0.0711. The normalized spacial score (nSPS) is 14.4. The van der Waals surface area contributed by atoms with Gasteiger partial charge >= 0.3 is 5.97 Å². The first kappa shape index (κ1) is 21.2. The Hall–Kier alpha value is -3.55. The van der Waals surface area contributed by atoms with E-state index in [4.69, 9.17) is 14.8 Å². The van der Waals surface area contributed by atoms with Crippen LogP contribution in [0, 0.1) is 0 Å². The monoisotopic (exact) mass is 410 g/mol. The first-order valence-electron chi connectivity index (χ1n) is 9.74. The summed E-state index contributed by atoms with van der Waals surface area (Å²) in [4.78, 5) is 31.4. The number of hydrogen-bond donors (Lipinski definition) is 2. The van der Waals surface area contributed by atoms with E-state index in [1.54, 1.807) is 38.3 Å². The third-order valence-corrected chi connectivity index (χ3v) is 4.96. The number of nitrogens with one attached hydrogen (secondary N) is 1. The van der Waals surface area contributed by atoms with Crippen LogP contribution < -0.4 is 10.1 Å². The van der Waals surface area contributed by atoms with E-state index in [1.165, 1.54) is 0 Å². The van der Waals surface area contributed by atoms with Crippen molar-refractivity contribution in [3.8, 4) is 5.75 Å². The summed E-state index contributed by atoms with van der Waals surface area (Å²) in [5.41, 5.74) is 1.99. The second kappa shape index (κ2) is 9.78. The SMILES string of the molecule is COc1cccc(CN=C(Nc2ccc(C(=O)O)cc2)N2CCN(C(C)=O)CC2)c1. The summed E-state index contributed by atoms with van der Waals surface area (Å²) in [7, 11) is 1.63. The summed E-state index contributed by atoms with van der Waals surface area (Å²) in [5.74, 6) is 0.566. The van der Waals surface area contributed by atoms with Crippen LogP contribution in [0.1, 0.15) is 22.8 Å². The Morgan fingerprint density at radius 3 is 2.33 bits per heavy atom. The number of carboxylic acid groups (broad SMARTS) is 1. The van der Waals surface area contributed by atoms with Crippen molar-refractivity contribution in [1.82, 2.24) is 9.80 Å². The molecule has 0 aliphatic carbocycles. The molecule has 0 atom stereocenters. The lowest BCUT2D eigenvalue weighted by atomic mass is 10.2. The molecule has 0 saturated carbocycles. The van der Waals surface area contributed by atoms with Crippen LogP contribution in [0.15, 0.2) is 53.5 Å². The van der Waals surface area contributed by atoms with Crippen molar-refractivity contribution >= 4 is 23.5 Å². The van der Waals surface area contributed by atoms with E-state index in [-0.39, 0.29) is 11.5 Å². The minimum atomic E-state index is -0.964. The maximum Gasteiger partial charge on any atom is 0.335 e. The molecular weight excluding hydrogens is 384 g/mol. The van der Waals surface area contributed by atoms with E-state index in [2.05, 4.69) is 10.2 Å². The smallest absolute Gasteiger partial charge is 0.335 e. The lowest BCUT2D eigenvalue weighted by Crippen LogP contribution is -2.51. The topological polar surface area (TPSA) is 94.5 Å². The molecule has 0 radical (unpaired) electrons. The van der Waals surface area contributed by atoms with Crippen molar-refractivity contribution in [3.63, 3.8) is 0 Å². The molecule has 0 aromatic heterocycles. The maximum atomic E-state index is 11.6. The molecule has 1 saturated heterocycles. The largest absolute Gasteiger partial charge is 0.497 e. The highest BCUT2D eigenvalue weighted by Crippen LogP contribution is 2.15. The van der Waals surface area contributed by atoms with Crippen molar-refractivity contribution in [2.75, 3.05) is 38.6 Å². The zero-order valence-electron chi connectivity index (χ0n) is 17.2. The molecule has 1 amide bonds. The van der Waals surface area contributed by atoms with E-state index < -0.39 is 5.97 Å². The molecule has 8 heteroatoms. The summed E-state index contributed by atoms with van der Waals surface area (Å²) in [5, 5.41) is 12.4. The van der Waals surface area contributed by atoms with Gasteiger partial charge in [-0.15, -0.1) is 0 Å². The van der Waals surface area contributed by atoms with Crippen molar-refractivity contribution < 1.29 is 19.4 Å². The number of aliphatic imine (C=N–C) groups is 1. The van der Waals surface area contributed by atoms with Crippen molar-refractivity contribution in [2.45, 2.75) is 13.5 Å². The van der Waals surface area contributed by atoms with Gasteiger partial charge in [-0.05, 0) is 42.0 Å². The molecule has 1 heterocycles. The molecule has 2 aromatic carbocycles. The molecule has 1 fully saturated rings. The number of carbonyl (C=O) groups excluding carboxylic acids is 1. The van der Waals surface area contributed by atoms with Crippen LogP contribution in [0.5, 0.6) is 5.75 Å². The quantitative estimate of drug-likeness (QED) is 0.581. The Morgan fingerprint density at radius 2 is 1.73 bits per heavy atom. The van der Waals surface area contributed by atoms with Gasteiger partial charge in [0.25, 0.3) is 0 Å². The van der Waals surface area contributed by atoms with Crippen LogP contribution in [0.25, 0.3) is 0 Å². The Morgan fingerprint density at radius 1 is 1.07 bits per heavy atom. The third-order valence-electron chi connectivity index (χ3n) is 4.96. The Kier molecular flexibility index (Phi) is 6.90. The second-order valence-electron chi connectivity index (χ2n) is 6.99. The Labute approximate surface area is 175 Å². The number of aromatic carboxylic acids is 1. The van der Waals surface area contributed by atoms with Gasteiger partial charge in [-0.1, -0.05) is 12.1 Å². The Balaban J connectivity index is 1.78.